The Morgan fingerprint density at radius 3 is 2.39 bits per heavy atom. The fourth-order valence-electron chi connectivity index (χ4n) is 3.93. The second-order valence-electron chi connectivity index (χ2n) is 8.24. The summed E-state index contributed by atoms with van der Waals surface area (Å²) in [5, 5.41) is -0.165. The van der Waals surface area contributed by atoms with Crippen molar-refractivity contribution >= 4 is 15.7 Å². The van der Waals surface area contributed by atoms with Crippen LogP contribution >= 0.6 is 0 Å². The Morgan fingerprint density at radius 1 is 0.944 bits per heavy atom. The van der Waals surface area contributed by atoms with Crippen molar-refractivity contribution in [3.05, 3.63) is 78.4 Å². The molecule has 1 aliphatic rings. The Hall–Kier alpha value is -3.98. The minimum atomic E-state index is -4.05. The van der Waals surface area contributed by atoms with E-state index in [-0.39, 0.29) is 21.7 Å². The van der Waals surface area contributed by atoms with Crippen LogP contribution in [-0.4, -0.2) is 40.3 Å². The highest BCUT2D eigenvalue weighted by atomic mass is 32.2. The smallest absolute Gasteiger partial charge is 0.236 e. The molecule has 0 unspecified atom stereocenters. The maximum absolute atomic E-state index is 13.8. The highest BCUT2D eigenvalue weighted by Gasteiger charge is 2.31. The Labute approximate surface area is 210 Å². The number of hydrogen-bond donors (Lipinski definition) is 0. The summed E-state index contributed by atoms with van der Waals surface area (Å²) in [6, 6.07) is 21.5. The summed E-state index contributed by atoms with van der Waals surface area (Å²) in [5.74, 6) is 1.95. The summed E-state index contributed by atoms with van der Waals surface area (Å²) in [4.78, 5) is 6.26. The number of sulfone groups is 1. The van der Waals surface area contributed by atoms with Crippen molar-refractivity contribution in [2.24, 2.45) is 0 Å². The number of anilines is 1. The number of aromatic nitrogens is 1. The average Bonchev–Trinajstić information content (AvgIpc) is 3.36. The van der Waals surface area contributed by atoms with E-state index in [1.165, 1.54) is 12.1 Å². The van der Waals surface area contributed by atoms with E-state index in [2.05, 4.69) is 4.98 Å². The topological polar surface area (TPSA) is 91.1 Å². The molecule has 0 saturated carbocycles. The third-order valence-corrected chi connectivity index (χ3v) is 7.33. The number of rotatable bonds is 8. The molecular formula is C27H26N2O6S. The van der Waals surface area contributed by atoms with Gasteiger partial charge in [0.05, 0.1) is 11.5 Å². The molecule has 186 valence electrons. The normalized spacial score (nSPS) is 12.8. The molecule has 1 aromatic heterocycles. The fourth-order valence-corrected chi connectivity index (χ4v) is 5.29. The van der Waals surface area contributed by atoms with Crippen LogP contribution in [0, 0.1) is 0 Å². The zero-order valence-electron chi connectivity index (χ0n) is 20.0. The van der Waals surface area contributed by atoms with Crippen LogP contribution < -0.4 is 19.1 Å². The largest absolute Gasteiger partial charge is 0.494 e. The molecule has 5 rings (SSSR count). The highest BCUT2D eigenvalue weighted by molar-refractivity contribution is 7.91. The second kappa shape index (κ2) is 9.94. The van der Waals surface area contributed by atoms with Gasteiger partial charge in [0.15, 0.2) is 11.5 Å². The van der Waals surface area contributed by atoms with E-state index in [1.807, 2.05) is 37.3 Å². The zero-order valence-corrected chi connectivity index (χ0v) is 20.8. The first-order valence-corrected chi connectivity index (χ1v) is 13.1. The Balaban J connectivity index is 1.57. The lowest BCUT2D eigenvalue weighted by Gasteiger charge is -2.19. The van der Waals surface area contributed by atoms with Crippen LogP contribution in [0.5, 0.6) is 17.2 Å². The Kier molecular flexibility index (Phi) is 6.56. The summed E-state index contributed by atoms with van der Waals surface area (Å²) >= 11 is 0. The van der Waals surface area contributed by atoms with Crippen LogP contribution in [0.3, 0.4) is 0 Å². The van der Waals surface area contributed by atoms with Gasteiger partial charge in [-0.15, -0.1) is 0 Å². The van der Waals surface area contributed by atoms with Gasteiger partial charge in [-0.1, -0.05) is 30.3 Å². The van der Waals surface area contributed by atoms with Gasteiger partial charge in [-0.25, -0.2) is 8.42 Å². The molecule has 0 bridgehead atoms. The summed E-state index contributed by atoms with van der Waals surface area (Å²) in [7, 11) is -2.28. The van der Waals surface area contributed by atoms with Gasteiger partial charge in [0.1, 0.15) is 19.0 Å². The molecule has 9 heteroatoms. The standard InChI is InChI=1S/C27H26N2O6S/c1-3-32-21-11-9-20(10-12-21)25-28-26(27(35-25)29(2)18-19-7-5-4-6-8-19)36(30,31)22-13-14-23-24(17-22)34-16-15-33-23/h4-14,17H,3,15-16,18H2,1-2H3. The van der Waals surface area contributed by atoms with E-state index in [9.17, 15) is 8.42 Å². The SMILES string of the molecule is CCOc1ccc(-c2nc(S(=O)(=O)c3ccc4c(c3)OCCO4)c(N(C)Cc3ccccc3)o2)cc1. The van der Waals surface area contributed by atoms with Crippen molar-refractivity contribution in [3.63, 3.8) is 0 Å². The molecule has 0 N–H and O–H groups in total. The molecule has 0 radical (unpaired) electrons. The van der Waals surface area contributed by atoms with Crippen molar-refractivity contribution in [1.82, 2.24) is 4.98 Å². The molecule has 0 atom stereocenters. The highest BCUT2D eigenvalue weighted by Crippen LogP contribution is 2.38. The predicted octanol–water partition coefficient (Wildman–Crippen LogP) is 4.98. The summed E-state index contributed by atoms with van der Waals surface area (Å²) in [5.41, 5.74) is 1.64. The number of ether oxygens (including phenoxy) is 3. The van der Waals surface area contributed by atoms with Gasteiger partial charge in [0.25, 0.3) is 0 Å². The van der Waals surface area contributed by atoms with Crippen molar-refractivity contribution in [2.45, 2.75) is 23.4 Å². The molecule has 4 aromatic rings. The number of fused-ring (bicyclic) bond motifs is 1. The molecule has 0 aliphatic carbocycles. The summed E-state index contributed by atoms with van der Waals surface area (Å²) < 4.78 is 50.4. The van der Waals surface area contributed by atoms with Crippen molar-refractivity contribution < 1.29 is 27.0 Å². The predicted molar refractivity (Wildman–Crippen MR) is 135 cm³/mol. The van der Waals surface area contributed by atoms with Gasteiger partial charge < -0.3 is 23.5 Å². The molecule has 8 nitrogen and oxygen atoms in total. The lowest BCUT2D eigenvalue weighted by molar-refractivity contribution is 0.171. The van der Waals surface area contributed by atoms with E-state index >= 15 is 0 Å². The molecule has 1 aliphatic heterocycles. The van der Waals surface area contributed by atoms with E-state index in [4.69, 9.17) is 18.6 Å². The summed E-state index contributed by atoms with van der Waals surface area (Å²) in [6.07, 6.45) is 0. The molecule has 0 spiro atoms. The first-order valence-electron chi connectivity index (χ1n) is 11.6. The van der Waals surface area contributed by atoms with Gasteiger partial charge in [0, 0.05) is 25.2 Å². The van der Waals surface area contributed by atoms with Crippen LogP contribution in [0.1, 0.15) is 12.5 Å². The lowest BCUT2D eigenvalue weighted by Crippen LogP contribution is -2.19. The minimum Gasteiger partial charge on any atom is -0.494 e. The van der Waals surface area contributed by atoms with Crippen molar-refractivity contribution in [2.75, 3.05) is 31.8 Å². The maximum atomic E-state index is 13.8. The van der Waals surface area contributed by atoms with Gasteiger partial charge in [0.2, 0.25) is 26.6 Å². The van der Waals surface area contributed by atoms with Crippen LogP contribution in [-0.2, 0) is 16.4 Å². The minimum absolute atomic E-state index is 0.0488. The fraction of sp³-hybridized carbons (Fsp3) is 0.222. The molecule has 0 saturated heterocycles. The quantitative estimate of drug-likeness (QED) is 0.330. The number of benzene rings is 3. The van der Waals surface area contributed by atoms with E-state index < -0.39 is 9.84 Å². The van der Waals surface area contributed by atoms with Crippen LogP contribution in [0.2, 0.25) is 0 Å². The molecule has 0 amide bonds. The third kappa shape index (κ3) is 4.74. The van der Waals surface area contributed by atoms with Crippen LogP contribution in [0.4, 0.5) is 5.88 Å². The van der Waals surface area contributed by atoms with Crippen molar-refractivity contribution in [1.29, 1.82) is 0 Å². The van der Waals surface area contributed by atoms with Crippen LogP contribution in [0.25, 0.3) is 11.5 Å². The van der Waals surface area contributed by atoms with Crippen LogP contribution in [0.15, 0.2) is 87.1 Å². The number of oxazole rings is 1. The average molecular weight is 507 g/mol. The summed E-state index contributed by atoms with van der Waals surface area (Å²) in [6.45, 7) is 3.66. The van der Waals surface area contributed by atoms with Gasteiger partial charge in [-0.05, 0) is 48.9 Å². The molecular weight excluding hydrogens is 480 g/mol. The first-order chi connectivity index (χ1) is 17.5. The van der Waals surface area contributed by atoms with E-state index in [1.54, 1.807) is 42.3 Å². The Morgan fingerprint density at radius 2 is 1.67 bits per heavy atom. The van der Waals surface area contributed by atoms with Gasteiger partial charge >= 0.3 is 0 Å². The molecule has 3 aromatic carbocycles. The molecule has 36 heavy (non-hydrogen) atoms. The second-order valence-corrected chi connectivity index (χ2v) is 10.1. The van der Waals surface area contributed by atoms with E-state index in [0.717, 1.165) is 5.56 Å². The van der Waals surface area contributed by atoms with Gasteiger partial charge in [-0.3, -0.25) is 0 Å². The monoisotopic (exact) mass is 506 g/mol. The number of nitrogens with zero attached hydrogens (tertiary/aromatic N) is 2. The lowest BCUT2D eigenvalue weighted by atomic mass is 10.2. The zero-order chi connectivity index (χ0) is 25.1. The molecule has 2 heterocycles. The first kappa shape index (κ1) is 23.7. The Bertz CT molecular complexity index is 1450. The van der Waals surface area contributed by atoms with Crippen molar-refractivity contribution in [3.8, 4) is 28.7 Å². The van der Waals surface area contributed by atoms with E-state index in [0.29, 0.717) is 49.2 Å². The maximum Gasteiger partial charge on any atom is 0.236 e. The van der Waals surface area contributed by atoms with Gasteiger partial charge in [-0.2, -0.15) is 4.98 Å². The third-order valence-electron chi connectivity index (χ3n) is 5.68. The molecule has 0 fully saturated rings. The number of hydrogen-bond acceptors (Lipinski definition) is 8.